The van der Waals surface area contributed by atoms with Gasteiger partial charge < -0.3 is 13.7 Å². The van der Waals surface area contributed by atoms with Gasteiger partial charge in [0.15, 0.2) is 0 Å². The summed E-state index contributed by atoms with van der Waals surface area (Å²) in [5, 5.41) is 7.48. The molecule has 66 heavy (non-hydrogen) atoms. The fourth-order valence-corrected chi connectivity index (χ4v) is 10.9. The van der Waals surface area contributed by atoms with Crippen molar-refractivity contribution in [2.75, 3.05) is 0 Å². The fourth-order valence-electron chi connectivity index (χ4n) is 10.9. The number of nitrogens with zero attached hydrogens (tertiary/aromatic N) is 3. The zero-order chi connectivity index (χ0) is 43.9. The van der Waals surface area contributed by atoms with Gasteiger partial charge in [-0.15, -0.1) is 0 Å². The van der Waals surface area contributed by atoms with Gasteiger partial charge in [-0.1, -0.05) is 169 Å². The number of fused-ring (bicyclic) bond motifs is 9. The highest BCUT2D eigenvalue weighted by molar-refractivity contribution is 6.22. The molecular formula is C63H45N3. The lowest BCUT2D eigenvalue weighted by Gasteiger charge is -2.20. The lowest BCUT2D eigenvalue weighted by Crippen LogP contribution is -2.04. The van der Waals surface area contributed by atoms with E-state index in [0.717, 1.165) is 17.1 Å². The van der Waals surface area contributed by atoms with Crippen molar-refractivity contribution in [2.24, 2.45) is 0 Å². The van der Waals surface area contributed by atoms with E-state index in [0.29, 0.717) is 0 Å². The standard InChI is InChI=1S/C63H45N3/c1-41-26-30-43(31-27-41)61(44-32-28-42(2)29-33-44)45-34-36-47(37-35-45)65-56-22-10-7-17-52(56)62-50(19-12-24-59(62)65)51-20-13-25-60-63(51)53-18-8-11-23-57(53)66(60)48-38-39-58-54(40-48)49-16-6-9-21-55(49)64(58)46-14-4-3-5-15-46/h3-40,61H,1-2H3. The number of benzene rings is 10. The molecule has 0 bridgehead atoms. The Labute approximate surface area is 383 Å². The lowest BCUT2D eigenvalue weighted by molar-refractivity contribution is 0.972. The molecule has 0 spiro atoms. The summed E-state index contributed by atoms with van der Waals surface area (Å²) in [4.78, 5) is 0. The van der Waals surface area contributed by atoms with Crippen LogP contribution in [0.25, 0.3) is 93.6 Å². The van der Waals surface area contributed by atoms with E-state index in [4.69, 9.17) is 0 Å². The summed E-state index contributed by atoms with van der Waals surface area (Å²) in [6.07, 6.45) is 0. The van der Waals surface area contributed by atoms with Crippen LogP contribution in [0.4, 0.5) is 0 Å². The number of hydrogen-bond acceptors (Lipinski definition) is 0. The highest BCUT2D eigenvalue weighted by Gasteiger charge is 2.23. The van der Waals surface area contributed by atoms with Gasteiger partial charge in [0.2, 0.25) is 0 Å². The summed E-state index contributed by atoms with van der Waals surface area (Å²) in [5.41, 5.74) is 19.5. The maximum atomic E-state index is 2.47. The van der Waals surface area contributed by atoms with Crippen molar-refractivity contribution in [3.63, 3.8) is 0 Å². The molecule has 10 aromatic carbocycles. The number of aryl methyl sites for hydroxylation is 2. The second-order valence-electron chi connectivity index (χ2n) is 17.8. The minimum atomic E-state index is 0.129. The van der Waals surface area contributed by atoms with Crippen LogP contribution in [-0.4, -0.2) is 13.7 Å². The second-order valence-corrected chi connectivity index (χ2v) is 17.8. The largest absolute Gasteiger partial charge is 0.309 e. The molecule has 312 valence electrons. The number of rotatable bonds is 7. The first-order valence-corrected chi connectivity index (χ1v) is 23.0. The zero-order valence-electron chi connectivity index (χ0n) is 36.9. The van der Waals surface area contributed by atoms with Crippen LogP contribution in [0.2, 0.25) is 0 Å². The van der Waals surface area contributed by atoms with Crippen LogP contribution in [0.5, 0.6) is 0 Å². The number of para-hydroxylation sites is 4. The molecule has 3 heteroatoms. The average molecular weight is 844 g/mol. The summed E-state index contributed by atoms with van der Waals surface area (Å²) in [6, 6.07) is 85.3. The van der Waals surface area contributed by atoms with Crippen LogP contribution in [0.15, 0.2) is 231 Å². The van der Waals surface area contributed by atoms with Crippen LogP contribution in [0, 0.1) is 13.8 Å². The third-order valence-corrected chi connectivity index (χ3v) is 13.9. The van der Waals surface area contributed by atoms with Gasteiger partial charge in [-0.25, -0.2) is 0 Å². The first-order valence-electron chi connectivity index (χ1n) is 23.0. The van der Waals surface area contributed by atoms with Crippen molar-refractivity contribution in [3.8, 4) is 28.2 Å². The van der Waals surface area contributed by atoms with Crippen LogP contribution in [0.1, 0.15) is 33.7 Å². The molecular weight excluding hydrogens is 799 g/mol. The van der Waals surface area contributed by atoms with Crippen molar-refractivity contribution >= 4 is 65.4 Å². The first kappa shape index (κ1) is 38.1. The van der Waals surface area contributed by atoms with E-state index in [1.807, 2.05) is 0 Å². The predicted octanol–water partition coefficient (Wildman–Crippen LogP) is 16.4. The van der Waals surface area contributed by atoms with E-state index in [1.165, 1.54) is 104 Å². The molecule has 3 heterocycles. The molecule has 13 rings (SSSR count). The molecule has 0 amide bonds. The summed E-state index contributed by atoms with van der Waals surface area (Å²) >= 11 is 0. The summed E-state index contributed by atoms with van der Waals surface area (Å²) in [5.74, 6) is 0.129. The maximum Gasteiger partial charge on any atom is 0.0547 e. The molecule has 3 nitrogen and oxygen atoms in total. The van der Waals surface area contributed by atoms with Gasteiger partial charge in [-0.2, -0.15) is 0 Å². The highest BCUT2D eigenvalue weighted by Crippen LogP contribution is 2.45. The molecule has 0 radical (unpaired) electrons. The third-order valence-electron chi connectivity index (χ3n) is 13.9. The Morgan fingerprint density at radius 1 is 0.273 bits per heavy atom. The van der Waals surface area contributed by atoms with Gasteiger partial charge >= 0.3 is 0 Å². The Balaban J connectivity index is 0.983. The van der Waals surface area contributed by atoms with E-state index >= 15 is 0 Å². The van der Waals surface area contributed by atoms with Gasteiger partial charge in [0.1, 0.15) is 0 Å². The zero-order valence-corrected chi connectivity index (χ0v) is 36.9. The number of aromatic nitrogens is 3. The van der Waals surface area contributed by atoms with Crippen molar-refractivity contribution in [1.82, 2.24) is 13.7 Å². The molecule has 0 aliphatic carbocycles. The molecule has 0 atom stereocenters. The smallest absolute Gasteiger partial charge is 0.0547 e. The lowest BCUT2D eigenvalue weighted by atomic mass is 9.84. The van der Waals surface area contributed by atoms with Crippen LogP contribution in [0.3, 0.4) is 0 Å². The topological polar surface area (TPSA) is 14.8 Å². The molecule has 13 aromatic rings. The monoisotopic (exact) mass is 843 g/mol. The molecule has 0 saturated carbocycles. The van der Waals surface area contributed by atoms with Crippen molar-refractivity contribution in [3.05, 3.63) is 258 Å². The molecule has 0 N–H and O–H groups in total. The molecule has 3 aromatic heterocycles. The Kier molecular flexibility index (Phi) is 8.72. The van der Waals surface area contributed by atoms with E-state index in [2.05, 4.69) is 258 Å². The van der Waals surface area contributed by atoms with Crippen LogP contribution < -0.4 is 0 Å². The average Bonchev–Trinajstić information content (AvgIpc) is 4.01. The Morgan fingerprint density at radius 2 is 0.652 bits per heavy atom. The van der Waals surface area contributed by atoms with E-state index in [-0.39, 0.29) is 5.92 Å². The van der Waals surface area contributed by atoms with Gasteiger partial charge in [0.25, 0.3) is 0 Å². The van der Waals surface area contributed by atoms with Gasteiger partial charge in [0.05, 0.1) is 33.1 Å². The second kappa shape index (κ2) is 15.1. The fraction of sp³-hybridized carbons (Fsp3) is 0.0476. The van der Waals surface area contributed by atoms with E-state index in [9.17, 15) is 0 Å². The van der Waals surface area contributed by atoms with Crippen LogP contribution >= 0.6 is 0 Å². The predicted molar refractivity (Wildman–Crippen MR) is 278 cm³/mol. The Morgan fingerprint density at radius 3 is 1.20 bits per heavy atom. The maximum absolute atomic E-state index is 2.47. The Bertz CT molecular complexity index is 3930. The number of hydrogen-bond donors (Lipinski definition) is 0. The van der Waals surface area contributed by atoms with Gasteiger partial charge in [0, 0.05) is 55.3 Å². The normalized spacial score (nSPS) is 11.9. The van der Waals surface area contributed by atoms with E-state index < -0.39 is 0 Å². The molecule has 0 unspecified atom stereocenters. The van der Waals surface area contributed by atoms with E-state index in [1.54, 1.807) is 0 Å². The quantitative estimate of drug-likeness (QED) is 0.142. The van der Waals surface area contributed by atoms with Crippen molar-refractivity contribution < 1.29 is 0 Å². The SMILES string of the molecule is Cc1ccc(C(c2ccc(C)cc2)c2ccc(-n3c4ccccc4c4c(-c5cccc6c5c5ccccc5n6-c5ccc6c(c5)c5ccccc5n6-c5ccccc5)cccc43)cc2)cc1. The minimum Gasteiger partial charge on any atom is -0.309 e. The van der Waals surface area contributed by atoms with Crippen molar-refractivity contribution in [2.45, 2.75) is 19.8 Å². The highest BCUT2D eigenvalue weighted by atomic mass is 15.0. The minimum absolute atomic E-state index is 0.129. The van der Waals surface area contributed by atoms with Crippen molar-refractivity contribution in [1.29, 1.82) is 0 Å². The molecule has 0 saturated heterocycles. The summed E-state index contributed by atoms with van der Waals surface area (Å²) < 4.78 is 7.31. The van der Waals surface area contributed by atoms with Gasteiger partial charge in [-0.3, -0.25) is 0 Å². The first-order chi connectivity index (χ1) is 32.6. The van der Waals surface area contributed by atoms with Crippen LogP contribution in [-0.2, 0) is 0 Å². The Hall–Kier alpha value is -8.40. The third kappa shape index (κ3) is 5.90. The van der Waals surface area contributed by atoms with Gasteiger partial charge in [-0.05, 0) is 114 Å². The summed E-state index contributed by atoms with van der Waals surface area (Å²) in [7, 11) is 0. The molecule has 0 aliphatic heterocycles. The molecule has 0 fully saturated rings. The summed E-state index contributed by atoms with van der Waals surface area (Å²) in [6.45, 7) is 4.31. The molecule has 0 aliphatic rings.